The van der Waals surface area contributed by atoms with E-state index in [1.54, 1.807) is 6.08 Å². The van der Waals surface area contributed by atoms with Crippen molar-refractivity contribution in [3.05, 3.63) is 53.5 Å². The maximum atomic E-state index is 10.6. The Bertz CT molecular complexity index is 432. The second kappa shape index (κ2) is 6.37. The Hall–Kier alpha value is -2.23. The number of methoxy groups -OCH3 is 2. The standard InChI is InChI=1S/C13H14O4/c1-16-11(12(17-2)9-13(14)15)8-10-6-4-3-5-7-10/h3-9H,1-2H3,(H,14,15). The van der Waals surface area contributed by atoms with E-state index in [0.29, 0.717) is 5.76 Å². The first-order valence-corrected chi connectivity index (χ1v) is 4.97. The molecule has 0 atom stereocenters. The summed E-state index contributed by atoms with van der Waals surface area (Å²) in [7, 11) is 2.86. The van der Waals surface area contributed by atoms with Crippen molar-refractivity contribution in [3.63, 3.8) is 0 Å². The van der Waals surface area contributed by atoms with Gasteiger partial charge in [-0.1, -0.05) is 30.3 Å². The number of ether oxygens (including phenoxy) is 2. The number of hydrogen-bond acceptors (Lipinski definition) is 3. The quantitative estimate of drug-likeness (QED) is 0.482. The van der Waals surface area contributed by atoms with Crippen LogP contribution < -0.4 is 0 Å². The number of aliphatic carboxylic acids is 1. The number of rotatable bonds is 5. The lowest BCUT2D eigenvalue weighted by molar-refractivity contribution is -0.131. The Kier molecular flexibility index (Phi) is 4.81. The number of hydrogen-bond donors (Lipinski definition) is 1. The first-order valence-electron chi connectivity index (χ1n) is 4.97. The summed E-state index contributed by atoms with van der Waals surface area (Å²) in [5, 5.41) is 8.69. The van der Waals surface area contributed by atoms with Gasteiger partial charge in [-0.2, -0.15) is 0 Å². The molecule has 0 heterocycles. The molecule has 90 valence electrons. The topological polar surface area (TPSA) is 55.8 Å². The molecule has 0 spiro atoms. The van der Waals surface area contributed by atoms with Crippen LogP contribution in [-0.2, 0) is 14.3 Å². The minimum absolute atomic E-state index is 0.170. The molecule has 0 bridgehead atoms. The van der Waals surface area contributed by atoms with Crippen LogP contribution in [0.3, 0.4) is 0 Å². The number of carbonyl (C=O) groups is 1. The summed E-state index contributed by atoms with van der Waals surface area (Å²) in [6, 6.07) is 9.42. The Balaban J connectivity index is 3.06. The zero-order valence-electron chi connectivity index (χ0n) is 9.71. The molecular weight excluding hydrogens is 220 g/mol. The molecule has 1 N–H and O–H groups in total. The van der Waals surface area contributed by atoms with Gasteiger partial charge in [0.05, 0.1) is 20.3 Å². The van der Waals surface area contributed by atoms with Gasteiger partial charge in [0.25, 0.3) is 0 Å². The molecule has 0 aromatic heterocycles. The third-order valence-corrected chi connectivity index (χ3v) is 2.03. The van der Waals surface area contributed by atoms with Crippen LogP contribution in [0.15, 0.2) is 47.9 Å². The Labute approximate surface area is 99.8 Å². The predicted molar refractivity (Wildman–Crippen MR) is 64.2 cm³/mol. The van der Waals surface area contributed by atoms with Gasteiger partial charge in [0.15, 0.2) is 11.5 Å². The van der Waals surface area contributed by atoms with Gasteiger partial charge in [0, 0.05) is 0 Å². The third-order valence-electron chi connectivity index (χ3n) is 2.03. The van der Waals surface area contributed by atoms with Crippen molar-refractivity contribution in [2.45, 2.75) is 0 Å². The highest BCUT2D eigenvalue weighted by Gasteiger charge is 2.08. The lowest BCUT2D eigenvalue weighted by Crippen LogP contribution is -1.99. The summed E-state index contributed by atoms with van der Waals surface area (Å²) in [6.45, 7) is 0. The van der Waals surface area contributed by atoms with Crippen LogP contribution in [0.4, 0.5) is 0 Å². The Morgan fingerprint density at radius 3 is 2.18 bits per heavy atom. The molecule has 0 amide bonds. The van der Waals surface area contributed by atoms with E-state index in [2.05, 4.69) is 0 Å². The lowest BCUT2D eigenvalue weighted by Gasteiger charge is -2.09. The summed E-state index contributed by atoms with van der Waals surface area (Å²) < 4.78 is 10.1. The molecule has 0 unspecified atom stereocenters. The Morgan fingerprint density at radius 1 is 1.12 bits per heavy atom. The van der Waals surface area contributed by atoms with E-state index in [-0.39, 0.29) is 5.76 Å². The summed E-state index contributed by atoms with van der Waals surface area (Å²) in [6.07, 6.45) is 2.66. The first kappa shape index (κ1) is 12.8. The van der Waals surface area contributed by atoms with Crippen LogP contribution >= 0.6 is 0 Å². The average molecular weight is 234 g/mol. The highest BCUT2D eigenvalue weighted by Crippen LogP contribution is 2.16. The second-order valence-electron chi connectivity index (χ2n) is 3.17. The normalized spacial score (nSPS) is 12.1. The fourth-order valence-electron chi connectivity index (χ4n) is 1.27. The largest absolute Gasteiger partial charge is 0.493 e. The fourth-order valence-corrected chi connectivity index (χ4v) is 1.27. The summed E-state index contributed by atoms with van der Waals surface area (Å²) in [5.41, 5.74) is 0.901. The van der Waals surface area contributed by atoms with Crippen molar-refractivity contribution in [1.82, 2.24) is 0 Å². The minimum atomic E-state index is -1.09. The number of benzene rings is 1. The first-order chi connectivity index (χ1) is 8.17. The molecule has 0 fully saturated rings. The minimum Gasteiger partial charge on any atom is -0.493 e. The molecule has 1 aromatic carbocycles. The van der Waals surface area contributed by atoms with Crippen LogP contribution in [0, 0.1) is 0 Å². The monoisotopic (exact) mass is 234 g/mol. The molecule has 0 saturated heterocycles. The molecule has 0 saturated carbocycles. The van der Waals surface area contributed by atoms with E-state index in [4.69, 9.17) is 14.6 Å². The van der Waals surface area contributed by atoms with Crippen LogP contribution in [0.5, 0.6) is 0 Å². The van der Waals surface area contributed by atoms with Crippen LogP contribution in [0.2, 0.25) is 0 Å². The molecule has 1 aromatic rings. The third kappa shape index (κ3) is 4.03. The van der Waals surface area contributed by atoms with Crippen molar-refractivity contribution < 1.29 is 19.4 Å². The van der Waals surface area contributed by atoms with E-state index in [1.165, 1.54) is 14.2 Å². The van der Waals surface area contributed by atoms with Crippen molar-refractivity contribution in [3.8, 4) is 0 Å². The lowest BCUT2D eigenvalue weighted by atomic mass is 10.2. The molecule has 1 rings (SSSR count). The van der Waals surface area contributed by atoms with Gasteiger partial charge in [-0.3, -0.25) is 0 Å². The molecule has 4 heteroatoms. The van der Waals surface area contributed by atoms with Crippen LogP contribution in [0.1, 0.15) is 5.56 Å². The highest BCUT2D eigenvalue weighted by atomic mass is 16.5. The molecule has 0 aliphatic carbocycles. The SMILES string of the molecule is COC(=CC(=O)O)C(=Cc1ccccc1)OC. The number of carboxylic acid groups (broad SMARTS) is 1. The van der Waals surface area contributed by atoms with Crippen molar-refractivity contribution in [2.75, 3.05) is 14.2 Å². The van der Waals surface area contributed by atoms with Gasteiger partial charge >= 0.3 is 5.97 Å². The van der Waals surface area contributed by atoms with E-state index in [9.17, 15) is 4.79 Å². The average Bonchev–Trinajstić information content (AvgIpc) is 2.34. The predicted octanol–water partition coefficient (Wildman–Crippen LogP) is 2.29. The van der Waals surface area contributed by atoms with Gasteiger partial charge in [-0.15, -0.1) is 0 Å². The highest BCUT2D eigenvalue weighted by molar-refractivity contribution is 5.81. The molecule has 0 radical (unpaired) electrons. The van der Waals surface area contributed by atoms with Crippen molar-refractivity contribution in [2.24, 2.45) is 0 Å². The van der Waals surface area contributed by atoms with Gasteiger partial charge in [0.2, 0.25) is 0 Å². The molecule has 17 heavy (non-hydrogen) atoms. The zero-order valence-corrected chi connectivity index (χ0v) is 9.71. The maximum absolute atomic E-state index is 10.6. The summed E-state index contributed by atoms with van der Waals surface area (Å²) >= 11 is 0. The van der Waals surface area contributed by atoms with Gasteiger partial charge < -0.3 is 14.6 Å². The van der Waals surface area contributed by atoms with E-state index >= 15 is 0 Å². The fraction of sp³-hybridized carbons (Fsp3) is 0.154. The van der Waals surface area contributed by atoms with Crippen molar-refractivity contribution >= 4 is 12.0 Å². The molecule has 4 nitrogen and oxygen atoms in total. The summed E-state index contributed by atoms with van der Waals surface area (Å²) in [5.74, 6) is -0.553. The van der Waals surface area contributed by atoms with E-state index < -0.39 is 5.97 Å². The second-order valence-corrected chi connectivity index (χ2v) is 3.17. The van der Waals surface area contributed by atoms with Gasteiger partial charge in [-0.05, 0) is 11.6 Å². The Morgan fingerprint density at radius 2 is 1.71 bits per heavy atom. The molecular formula is C13H14O4. The van der Waals surface area contributed by atoms with Gasteiger partial charge in [-0.25, -0.2) is 4.79 Å². The number of carboxylic acids is 1. The zero-order chi connectivity index (χ0) is 12.7. The molecule has 0 aliphatic heterocycles. The van der Waals surface area contributed by atoms with Crippen LogP contribution in [0.25, 0.3) is 6.08 Å². The smallest absolute Gasteiger partial charge is 0.332 e. The van der Waals surface area contributed by atoms with Gasteiger partial charge in [0.1, 0.15) is 0 Å². The van der Waals surface area contributed by atoms with E-state index in [1.807, 2.05) is 30.3 Å². The maximum Gasteiger partial charge on any atom is 0.332 e. The summed E-state index contributed by atoms with van der Waals surface area (Å²) in [4.78, 5) is 10.6. The van der Waals surface area contributed by atoms with Crippen molar-refractivity contribution in [1.29, 1.82) is 0 Å². The molecule has 0 aliphatic rings. The van der Waals surface area contributed by atoms with E-state index in [0.717, 1.165) is 11.6 Å². The van der Waals surface area contributed by atoms with Crippen LogP contribution in [-0.4, -0.2) is 25.3 Å².